The van der Waals surface area contributed by atoms with Crippen LogP contribution in [0.5, 0.6) is 5.75 Å². The number of phenolic OH excluding ortho intramolecular Hbond substituents is 1. The average molecular weight is 214 g/mol. The molecule has 3 nitrogen and oxygen atoms in total. The zero-order valence-electron chi connectivity index (χ0n) is 8.12. The van der Waals surface area contributed by atoms with Crippen LogP contribution in [0.2, 0.25) is 5.02 Å². The Kier molecular flexibility index (Phi) is 3.36. The van der Waals surface area contributed by atoms with Gasteiger partial charge in [0, 0.05) is 19.2 Å². The summed E-state index contributed by atoms with van der Waals surface area (Å²) in [5.41, 5.74) is 0.483. The Morgan fingerprint density at radius 1 is 1.57 bits per heavy atom. The number of halogens is 1. The molecule has 0 radical (unpaired) electrons. The Labute approximate surface area is 87.9 Å². The van der Waals surface area contributed by atoms with E-state index >= 15 is 0 Å². The lowest BCUT2D eigenvalue weighted by atomic mass is 10.2. The third-order valence-electron chi connectivity index (χ3n) is 2.02. The van der Waals surface area contributed by atoms with Crippen LogP contribution < -0.4 is 0 Å². The maximum Gasteiger partial charge on any atom is 0.253 e. The molecule has 1 rings (SSSR count). The van der Waals surface area contributed by atoms with Gasteiger partial charge in [-0.25, -0.2) is 0 Å². The van der Waals surface area contributed by atoms with E-state index in [1.807, 2.05) is 6.92 Å². The number of nitrogens with zero attached hydrogens (tertiary/aromatic N) is 1. The van der Waals surface area contributed by atoms with Crippen molar-refractivity contribution >= 4 is 17.5 Å². The van der Waals surface area contributed by atoms with Crippen molar-refractivity contribution in [2.24, 2.45) is 0 Å². The summed E-state index contributed by atoms with van der Waals surface area (Å²) in [5, 5.41) is 9.36. The van der Waals surface area contributed by atoms with Crippen LogP contribution in [-0.2, 0) is 0 Å². The maximum atomic E-state index is 11.6. The quantitative estimate of drug-likeness (QED) is 0.818. The number of benzene rings is 1. The van der Waals surface area contributed by atoms with E-state index in [0.29, 0.717) is 12.1 Å². The van der Waals surface area contributed by atoms with Gasteiger partial charge in [-0.15, -0.1) is 0 Å². The second kappa shape index (κ2) is 4.33. The summed E-state index contributed by atoms with van der Waals surface area (Å²) < 4.78 is 0. The van der Waals surface area contributed by atoms with E-state index in [9.17, 15) is 4.79 Å². The number of carbonyl (C=O) groups is 1. The molecule has 0 aromatic heterocycles. The second-order valence-corrected chi connectivity index (χ2v) is 3.39. The van der Waals surface area contributed by atoms with E-state index in [0.717, 1.165) is 0 Å². The third kappa shape index (κ3) is 2.17. The molecule has 1 aromatic rings. The number of carbonyl (C=O) groups excluding carboxylic acids is 1. The average Bonchev–Trinajstić information content (AvgIpc) is 2.20. The zero-order valence-corrected chi connectivity index (χ0v) is 8.88. The van der Waals surface area contributed by atoms with Crippen LogP contribution in [0.3, 0.4) is 0 Å². The van der Waals surface area contributed by atoms with Crippen molar-refractivity contribution in [3.8, 4) is 5.75 Å². The highest BCUT2D eigenvalue weighted by molar-refractivity contribution is 6.32. The normalized spacial score (nSPS) is 9.93. The minimum Gasteiger partial charge on any atom is -0.506 e. The van der Waals surface area contributed by atoms with Crippen LogP contribution in [0.4, 0.5) is 0 Å². The summed E-state index contributed by atoms with van der Waals surface area (Å²) in [5.74, 6) is -0.114. The van der Waals surface area contributed by atoms with Crippen molar-refractivity contribution in [2.45, 2.75) is 6.92 Å². The molecule has 0 saturated heterocycles. The Hall–Kier alpha value is -1.22. The minimum absolute atomic E-state index is 0.0117. The van der Waals surface area contributed by atoms with Gasteiger partial charge in [-0.3, -0.25) is 4.79 Å². The van der Waals surface area contributed by atoms with Crippen LogP contribution in [0.15, 0.2) is 18.2 Å². The van der Waals surface area contributed by atoms with Gasteiger partial charge in [0.1, 0.15) is 5.75 Å². The molecule has 0 heterocycles. The van der Waals surface area contributed by atoms with E-state index in [1.54, 1.807) is 18.0 Å². The first-order valence-electron chi connectivity index (χ1n) is 4.30. The molecule has 0 bridgehead atoms. The standard InChI is InChI=1S/C10H12ClNO2/c1-3-12(2)10(14)7-4-5-9(13)8(11)6-7/h4-6,13H,3H2,1-2H3. The molecule has 0 fully saturated rings. The highest BCUT2D eigenvalue weighted by Crippen LogP contribution is 2.23. The number of hydrogen-bond donors (Lipinski definition) is 1. The van der Waals surface area contributed by atoms with Gasteiger partial charge in [-0.05, 0) is 25.1 Å². The molecular weight excluding hydrogens is 202 g/mol. The van der Waals surface area contributed by atoms with Crippen LogP contribution >= 0.6 is 11.6 Å². The molecule has 0 aliphatic rings. The molecule has 1 N–H and O–H groups in total. The van der Waals surface area contributed by atoms with Crippen molar-refractivity contribution in [3.63, 3.8) is 0 Å². The summed E-state index contributed by atoms with van der Waals surface area (Å²) in [6.07, 6.45) is 0. The lowest BCUT2D eigenvalue weighted by molar-refractivity contribution is 0.0802. The van der Waals surface area contributed by atoms with E-state index < -0.39 is 0 Å². The number of phenols is 1. The molecule has 0 saturated carbocycles. The van der Waals surface area contributed by atoms with Gasteiger partial charge in [-0.1, -0.05) is 11.6 Å². The fourth-order valence-electron chi connectivity index (χ4n) is 1.00. The van der Waals surface area contributed by atoms with E-state index in [-0.39, 0.29) is 16.7 Å². The molecule has 0 atom stereocenters. The van der Waals surface area contributed by atoms with Crippen molar-refractivity contribution in [3.05, 3.63) is 28.8 Å². The highest BCUT2D eigenvalue weighted by atomic mass is 35.5. The van der Waals surface area contributed by atoms with Crippen molar-refractivity contribution in [1.29, 1.82) is 0 Å². The molecule has 1 amide bonds. The molecule has 0 spiro atoms. The summed E-state index contributed by atoms with van der Waals surface area (Å²) >= 11 is 5.69. The van der Waals surface area contributed by atoms with Gasteiger partial charge < -0.3 is 10.0 Å². The van der Waals surface area contributed by atoms with Crippen molar-refractivity contribution < 1.29 is 9.90 Å². The first-order valence-corrected chi connectivity index (χ1v) is 4.68. The van der Waals surface area contributed by atoms with E-state index in [4.69, 9.17) is 16.7 Å². The first kappa shape index (κ1) is 10.9. The smallest absolute Gasteiger partial charge is 0.253 e. The molecule has 4 heteroatoms. The zero-order chi connectivity index (χ0) is 10.7. The first-order chi connectivity index (χ1) is 6.56. The summed E-state index contributed by atoms with van der Waals surface area (Å²) in [7, 11) is 1.71. The van der Waals surface area contributed by atoms with Crippen LogP contribution in [0, 0.1) is 0 Å². The molecule has 0 aliphatic carbocycles. The summed E-state index contributed by atoms with van der Waals surface area (Å²) in [6.45, 7) is 2.53. The van der Waals surface area contributed by atoms with Gasteiger partial charge in [0.25, 0.3) is 5.91 Å². The van der Waals surface area contributed by atoms with Crippen molar-refractivity contribution in [2.75, 3.05) is 13.6 Å². The van der Waals surface area contributed by atoms with E-state index in [1.165, 1.54) is 12.1 Å². The lowest BCUT2D eigenvalue weighted by Crippen LogP contribution is -2.26. The van der Waals surface area contributed by atoms with Crippen molar-refractivity contribution in [1.82, 2.24) is 4.90 Å². The predicted molar refractivity (Wildman–Crippen MR) is 55.8 cm³/mol. The van der Waals surface area contributed by atoms with Crippen LogP contribution in [0.1, 0.15) is 17.3 Å². The molecule has 1 aromatic carbocycles. The van der Waals surface area contributed by atoms with Crippen LogP contribution in [0.25, 0.3) is 0 Å². The monoisotopic (exact) mass is 213 g/mol. The second-order valence-electron chi connectivity index (χ2n) is 2.99. The predicted octanol–water partition coefficient (Wildman–Crippen LogP) is 2.14. The Bertz CT molecular complexity index is 352. The Morgan fingerprint density at radius 3 is 2.71 bits per heavy atom. The van der Waals surface area contributed by atoms with Gasteiger partial charge in [0.2, 0.25) is 0 Å². The number of rotatable bonds is 2. The number of hydrogen-bond acceptors (Lipinski definition) is 2. The molecular formula is C10H12ClNO2. The number of amides is 1. The van der Waals surface area contributed by atoms with Gasteiger partial charge in [-0.2, -0.15) is 0 Å². The SMILES string of the molecule is CCN(C)C(=O)c1ccc(O)c(Cl)c1. The Morgan fingerprint density at radius 2 is 2.21 bits per heavy atom. The third-order valence-corrected chi connectivity index (χ3v) is 2.32. The maximum absolute atomic E-state index is 11.6. The summed E-state index contributed by atoms with van der Waals surface area (Å²) in [6, 6.07) is 4.43. The molecule has 0 unspecified atom stereocenters. The largest absolute Gasteiger partial charge is 0.506 e. The Balaban J connectivity index is 2.97. The fraction of sp³-hybridized carbons (Fsp3) is 0.300. The van der Waals surface area contributed by atoms with Gasteiger partial charge in [0.15, 0.2) is 0 Å². The molecule has 76 valence electrons. The topological polar surface area (TPSA) is 40.5 Å². The summed E-state index contributed by atoms with van der Waals surface area (Å²) in [4.78, 5) is 13.2. The van der Waals surface area contributed by atoms with E-state index in [2.05, 4.69) is 0 Å². The lowest BCUT2D eigenvalue weighted by Gasteiger charge is -2.14. The molecule has 0 aliphatic heterocycles. The van der Waals surface area contributed by atoms with Gasteiger partial charge >= 0.3 is 0 Å². The highest BCUT2D eigenvalue weighted by Gasteiger charge is 2.11. The number of aromatic hydroxyl groups is 1. The van der Waals surface area contributed by atoms with Crippen LogP contribution in [-0.4, -0.2) is 29.5 Å². The van der Waals surface area contributed by atoms with Gasteiger partial charge in [0.05, 0.1) is 5.02 Å². The molecule has 14 heavy (non-hydrogen) atoms. The minimum atomic E-state index is -0.102. The fourth-order valence-corrected chi connectivity index (χ4v) is 1.18.